The first-order chi connectivity index (χ1) is 13.8. The van der Waals surface area contributed by atoms with Crippen LogP contribution in [0.3, 0.4) is 0 Å². The molecule has 0 aliphatic carbocycles. The Morgan fingerprint density at radius 2 is 1.59 bits per heavy atom. The van der Waals surface area contributed by atoms with Crippen molar-refractivity contribution < 1.29 is 28.2 Å². The monoisotopic (exact) mass is 401 g/mol. The molecular weight excluding hydrogens is 377 g/mol. The highest BCUT2D eigenvalue weighted by Crippen LogP contribution is 2.12. The van der Waals surface area contributed by atoms with Gasteiger partial charge >= 0.3 is 12.1 Å². The second kappa shape index (κ2) is 10.4. The molecule has 2 aromatic rings. The zero-order valence-corrected chi connectivity index (χ0v) is 16.6. The molecule has 0 aromatic heterocycles. The van der Waals surface area contributed by atoms with E-state index in [9.17, 15) is 18.8 Å². The van der Waals surface area contributed by atoms with Crippen LogP contribution in [0.5, 0.6) is 0 Å². The molecule has 7 heteroatoms. The fourth-order valence-corrected chi connectivity index (χ4v) is 2.54. The average Bonchev–Trinajstić information content (AvgIpc) is 2.70. The van der Waals surface area contributed by atoms with E-state index in [1.54, 1.807) is 13.8 Å². The van der Waals surface area contributed by atoms with Crippen LogP contribution in [0.25, 0.3) is 0 Å². The van der Waals surface area contributed by atoms with Gasteiger partial charge in [-0.15, -0.1) is 0 Å². The van der Waals surface area contributed by atoms with Crippen molar-refractivity contribution in [3.05, 3.63) is 71.5 Å². The van der Waals surface area contributed by atoms with Crippen molar-refractivity contribution in [2.75, 3.05) is 0 Å². The van der Waals surface area contributed by atoms with Crippen molar-refractivity contribution in [3.63, 3.8) is 0 Å². The van der Waals surface area contributed by atoms with Crippen LogP contribution in [0.1, 0.15) is 36.7 Å². The van der Waals surface area contributed by atoms with Crippen LogP contribution in [0.2, 0.25) is 0 Å². The Bertz CT molecular complexity index is 836. The number of amides is 1. The van der Waals surface area contributed by atoms with Crippen molar-refractivity contribution in [1.82, 2.24) is 5.32 Å². The summed E-state index contributed by atoms with van der Waals surface area (Å²) >= 11 is 0. The Kier molecular flexibility index (Phi) is 7.88. The molecule has 154 valence electrons. The molecule has 1 N–H and O–H groups in total. The first-order valence-corrected chi connectivity index (χ1v) is 9.25. The van der Waals surface area contributed by atoms with Crippen LogP contribution in [0, 0.1) is 11.7 Å². The van der Waals surface area contributed by atoms with E-state index in [0.717, 1.165) is 17.7 Å². The van der Waals surface area contributed by atoms with E-state index in [4.69, 9.17) is 9.47 Å². The molecule has 0 saturated carbocycles. The second-order valence-corrected chi connectivity index (χ2v) is 6.88. The van der Waals surface area contributed by atoms with Gasteiger partial charge in [-0.05, 0) is 42.7 Å². The largest absolute Gasteiger partial charge is 0.453 e. The molecule has 0 saturated heterocycles. The maximum atomic E-state index is 13.0. The lowest BCUT2D eigenvalue weighted by Crippen LogP contribution is -2.46. The van der Waals surface area contributed by atoms with Crippen LogP contribution < -0.4 is 5.32 Å². The second-order valence-electron chi connectivity index (χ2n) is 6.88. The predicted molar refractivity (Wildman–Crippen MR) is 105 cm³/mol. The minimum atomic E-state index is -1.09. The van der Waals surface area contributed by atoms with Gasteiger partial charge in [-0.25, -0.2) is 14.0 Å². The molecule has 29 heavy (non-hydrogen) atoms. The molecule has 0 aliphatic heterocycles. The van der Waals surface area contributed by atoms with Gasteiger partial charge in [-0.1, -0.05) is 44.2 Å². The van der Waals surface area contributed by atoms with Crippen LogP contribution >= 0.6 is 0 Å². The highest BCUT2D eigenvalue weighted by atomic mass is 19.1. The van der Waals surface area contributed by atoms with Gasteiger partial charge in [0.15, 0.2) is 6.10 Å². The summed E-state index contributed by atoms with van der Waals surface area (Å²) in [6.45, 7) is 4.95. The van der Waals surface area contributed by atoms with Gasteiger partial charge in [-0.2, -0.15) is 0 Å². The molecule has 2 aromatic carbocycles. The molecule has 0 bridgehead atoms. The van der Waals surface area contributed by atoms with Gasteiger partial charge in [-0.3, -0.25) is 4.79 Å². The van der Waals surface area contributed by atoms with Gasteiger partial charge in [0, 0.05) is 5.56 Å². The van der Waals surface area contributed by atoms with Crippen molar-refractivity contribution in [2.24, 2.45) is 5.92 Å². The van der Waals surface area contributed by atoms with E-state index in [-0.39, 0.29) is 18.1 Å². The molecule has 0 unspecified atom stereocenters. The fraction of sp³-hybridized carbons (Fsp3) is 0.318. The number of carbonyl (C=O) groups is 3. The number of rotatable bonds is 8. The topological polar surface area (TPSA) is 81.7 Å². The van der Waals surface area contributed by atoms with Gasteiger partial charge in [0.1, 0.15) is 18.5 Å². The molecular formula is C22H24FNO5. The number of ether oxygens (including phenoxy) is 2. The van der Waals surface area contributed by atoms with Crippen LogP contribution in [0.15, 0.2) is 54.6 Å². The molecule has 2 rings (SSSR count). The predicted octanol–water partition coefficient (Wildman–Crippen LogP) is 3.89. The summed E-state index contributed by atoms with van der Waals surface area (Å²) in [6, 6.07) is 13.1. The maximum absolute atomic E-state index is 13.0. The number of halogens is 1. The Hall–Kier alpha value is -3.22. The smallest absolute Gasteiger partial charge is 0.408 e. The minimum absolute atomic E-state index is 0.0615. The molecule has 0 spiro atoms. The maximum Gasteiger partial charge on any atom is 0.408 e. The summed E-state index contributed by atoms with van der Waals surface area (Å²) in [5, 5.41) is 2.48. The standard InChI is InChI=1S/C22H24FNO5/c1-14(2)19(24-22(27)28-13-16-7-5-4-6-8-16)21(26)29-15(3)20(25)17-9-11-18(23)12-10-17/h4-12,14-15,19H,13H2,1-3H3,(H,24,27)/t15-,19-/m0/s1. The van der Waals surface area contributed by atoms with Crippen LogP contribution in [-0.2, 0) is 20.9 Å². The highest BCUT2D eigenvalue weighted by molar-refractivity contribution is 6.00. The number of hydrogen-bond donors (Lipinski definition) is 1. The number of nitrogens with one attached hydrogen (secondary N) is 1. The number of hydrogen-bond acceptors (Lipinski definition) is 5. The molecule has 1 amide bonds. The lowest BCUT2D eigenvalue weighted by atomic mass is 10.0. The number of Topliss-reactive ketones (excluding diaryl/α,β-unsaturated/α-hetero) is 1. The number of ketones is 1. The lowest BCUT2D eigenvalue weighted by Gasteiger charge is -2.22. The van der Waals surface area contributed by atoms with Crippen molar-refractivity contribution in [1.29, 1.82) is 0 Å². The van der Waals surface area contributed by atoms with Crippen molar-refractivity contribution >= 4 is 17.8 Å². The summed E-state index contributed by atoms with van der Waals surface area (Å²) in [5.41, 5.74) is 1.04. The fourth-order valence-electron chi connectivity index (χ4n) is 2.54. The molecule has 0 radical (unpaired) electrons. The van der Waals surface area contributed by atoms with Crippen LogP contribution in [0.4, 0.5) is 9.18 Å². The first kappa shape index (κ1) is 22.1. The summed E-state index contributed by atoms with van der Waals surface area (Å²) in [7, 11) is 0. The SMILES string of the molecule is CC(C)[C@H](NC(=O)OCc1ccccc1)C(=O)O[C@@H](C)C(=O)c1ccc(F)cc1. The average molecular weight is 401 g/mol. The number of carbonyl (C=O) groups excluding carboxylic acids is 3. The number of esters is 1. The first-order valence-electron chi connectivity index (χ1n) is 9.25. The third-order valence-electron chi connectivity index (χ3n) is 4.20. The van der Waals surface area contributed by atoms with Crippen molar-refractivity contribution in [2.45, 2.75) is 39.5 Å². The Labute approximate surface area is 169 Å². The lowest BCUT2D eigenvalue weighted by molar-refractivity contribution is -0.149. The van der Waals surface area contributed by atoms with Crippen LogP contribution in [-0.4, -0.2) is 30.0 Å². The molecule has 0 fully saturated rings. The summed E-state index contributed by atoms with van der Waals surface area (Å²) in [4.78, 5) is 36.9. The Balaban J connectivity index is 1.93. The Morgan fingerprint density at radius 1 is 0.966 bits per heavy atom. The van der Waals surface area contributed by atoms with E-state index in [1.165, 1.54) is 19.1 Å². The zero-order chi connectivity index (χ0) is 21.4. The quantitative estimate of drug-likeness (QED) is 0.536. The third-order valence-corrected chi connectivity index (χ3v) is 4.20. The van der Waals surface area contributed by atoms with E-state index in [1.807, 2.05) is 30.3 Å². The minimum Gasteiger partial charge on any atom is -0.453 e. The van der Waals surface area contributed by atoms with E-state index < -0.39 is 35.8 Å². The summed E-state index contributed by atoms with van der Waals surface area (Å²) in [6.07, 6.45) is -1.85. The van der Waals surface area contributed by atoms with Gasteiger partial charge in [0.2, 0.25) is 5.78 Å². The Morgan fingerprint density at radius 3 is 2.17 bits per heavy atom. The van der Waals surface area contributed by atoms with Crippen molar-refractivity contribution in [3.8, 4) is 0 Å². The third kappa shape index (κ3) is 6.71. The number of benzene rings is 2. The highest BCUT2D eigenvalue weighted by Gasteiger charge is 2.29. The van der Waals surface area contributed by atoms with Gasteiger partial charge in [0.05, 0.1) is 0 Å². The van der Waals surface area contributed by atoms with E-state index in [2.05, 4.69) is 5.32 Å². The molecule has 6 nitrogen and oxygen atoms in total. The molecule has 0 aliphatic rings. The van der Waals surface area contributed by atoms with Gasteiger partial charge < -0.3 is 14.8 Å². The molecule has 0 heterocycles. The molecule has 2 atom stereocenters. The van der Waals surface area contributed by atoms with E-state index in [0.29, 0.717) is 0 Å². The normalized spacial score (nSPS) is 12.7. The summed E-state index contributed by atoms with van der Waals surface area (Å²) in [5.74, 6) is -1.98. The number of alkyl carbamates (subject to hydrolysis) is 1. The van der Waals surface area contributed by atoms with Gasteiger partial charge in [0.25, 0.3) is 0 Å². The zero-order valence-electron chi connectivity index (χ0n) is 16.6. The summed E-state index contributed by atoms with van der Waals surface area (Å²) < 4.78 is 23.4. The van der Waals surface area contributed by atoms with E-state index >= 15 is 0 Å².